The van der Waals surface area contributed by atoms with Gasteiger partial charge in [0.15, 0.2) is 0 Å². The molecular formula is C17H33N3O. The van der Waals surface area contributed by atoms with E-state index in [9.17, 15) is 0 Å². The first-order chi connectivity index (χ1) is 9.92. The summed E-state index contributed by atoms with van der Waals surface area (Å²) in [5, 5.41) is 3.36. The number of likely N-dealkylation sites (N-methyl/N-ethyl adjacent to an activating group) is 1. The molecule has 1 aromatic rings. The van der Waals surface area contributed by atoms with Gasteiger partial charge in [0.1, 0.15) is 11.5 Å². The van der Waals surface area contributed by atoms with Crippen molar-refractivity contribution >= 4 is 0 Å². The zero-order chi connectivity index (χ0) is 15.8. The smallest absolute Gasteiger partial charge is 0.118 e. The Kier molecular flexibility index (Phi) is 8.01. The molecule has 0 aromatic carbocycles. The second-order valence-electron chi connectivity index (χ2n) is 6.51. The van der Waals surface area contributed by atoms with Crippen LogP contribution in [-0.4, -0.2) is 50.1 Å². The average molecular weight is 295 g/mol. The monoisotopic (exact) mass is 295 g/mol. The molecule has 0 aliphatic heterocycles. The lowest BCUT2D eigenvalue weighted by molar-refractivity contribution is 0.197. The lowest BCUT2D eigenvalue weighted by Crippen LogP contribution is -2.33. The minimum absolute atomic E-state index is 0.671. The summed E-state index contributed by atoms with van der Waals surface area (Å²) >= 11 is 0. The van der Waals surface area contributed by atoms with Crippen molar-refractivity contribution in [1.82, 2.24) is 15.1 Å². The van der Waals surface area contributed by atoms with E-state index in [0.717, 1.165) is 50.8 Å². The van der Waals surface area contributed by atoms with E-state index >= 15 is 0 Å². The topological polar surface area (TPSA) is 31.6 Å². The Morgan fingerprint density at radius 3 is 2.52 bits per heavy atom. The van der Waals surface area contributed by atoms with Gasteiger partial charge >= 0.3 is 0 Å². The highest BCUT2D eigenvalue weighted by atomic mass is 16.3. The number of aryl methyl sites for hydroxylation is 1. The lowest BCUT2D eigenvalue weighted by Gasteiger charge is -2.24. The van der Waals surface area contributed by atoms with Gasteiger partial charge in [0, 0.05) is 31.7 Å². The summed E-state index contributed by atoms with van der Waals surface area (Å²) < 4.78 is 5.94. The number of hydrogen-bond donors (Lipinski definition) is 1. The maximum absolute atomic E-state index is 5.94. The third-order valence-electron chi connectivity index (χ3n) is 3.50. The molecule has 1 aromatic heterocycles. The Morgan fingerprint density at radius 1 is 1.24 bits per heavy atom. The summed E-state index contributed by atoms with van der Waals surface area (Å²) in [6, 6.07) is 2.21. The molecule has 0 spiro atoms. The van der Waals surface area contributed by atoms with Crippen molar-refractivity contribution in [3.8, 4) is 0 Å². The van der Waals surface area contributed by atoms with Crippen LogP contribution in [0.4, 0.5) is 0 Å². The van der Waals surface area contributed by atoms with Gasteiger partial charge in [0.25, 0.3) is 0 Å². The van der Waals surface area contributed by atoms with Gasteiger partial charge in [-0.1, -0.05) is 20.8 Å². The van der Waals surface area contributed by atoms with E-state index in [1.807, 2.05) is 0 Å². The molecule has 0 bridgehead atoms. The second kappa shape index (κ2) is 9.23. The van der Waals surface area contributed by atoms with Crippen LogP contribution in [0.15, 0.2) is 10.5 Å². The highest BCUT2D eigenvalue weighted by Gasteiger charge is 2.13. The molecular weight excluding hydrogens is 262 g/mol. The Hall–Kier alpha value is -0.840. The predicted molar refractivity (Wildman–Crippen MR) is 89.5 cm³/mol. The summed E-state index contributed by atoms with van der Waals surface area (Å²) in [6.45, 7) is 14.8. The van der Waals surface area contributed by atoms with Crippen molar-refractivity contribution in [2.75, 3.05) is 40.3 Å². The number of furan rings is 1. The first-order valence-corrected chi connectivity index (χ1v) is 8.08. The van der Waals surface area contributed by atoms with Crippen LogP contribution in [0.2, 0.25) is 0 Å². The highest BCUT2D eigenvalue weighted by Crippen LogP contribution is 2.17. The molecule has 0 aliphatic carbocycles. The summed E-state index contributed by atoms with van der Waals surface area (Å²) in [4.78, 5) is 4.72. The standard InChI is InChI=1S/C17H33N3O/c1-7-18-11-16-10-17(21-15(16)4)13-20(12-14(2)3)9-8-19(5)6/h10,14,18H,7-9,11-13H2,1-6H3. The highest BCUT2D eigenvalue weighted by molar-refractivity contribution is 5.20. The predicted octanol–water partition coefficient (Wildman–Crippen LogP) is 2.72. The summed E-state index contributed by atoms with van der Waals surface area (Å²) in [7, 11) is 4.25. The Balaban J connectivity index is 2.64. The van der Waals surface area contributed by atoms with E-state index in [4.69, 9.17) is 4.42 Å². The summed E-state index contributed by atoms with van der Waals surface area (Å²) in [5.41, 5.74) is 1.28. The van der Waals surface area contributed by atoms with Crippen LogP contribution in [0.1, 0.15) is 37.9 Å². The van der Waals surface area contributed by atoms with Crippen LogP contribution in [0.3, 0.4) is 0 Å². The van der Waals surface area contributed by atoms with E-state index < -0.39 is 0 Å². The van der Waals surface area contributed by atoms with Crippen molar-refractivity contribution in [3.05, 3.63) is 23.2 Å². The summed E-state index contributed by atoms with van der Waals surface area (Å²) in [6.07, 6.45) is 0. The van der Waals surface area contributed by atoms with Gasteiger partial charge < -0.3 is 14.6 Å². The number of nitrogens with one attached hydrogen (secondary N) is 1. The van der Waals surface area contributed by atoms with Gasteiger partial charge in [-0.2, -0.15) is 0 Å². The SMILES string of the molecule is CCNCc1cc(CN(CCN(C)C)CC(C)C)oc1C. The van der Waals surface area contributed by atoms with Crippen molar-refractivity contribution in [2.24, 2.45) is 5.92 Å². The fraction of sp³-hybridized carbons (Fsp3) is 0.765. The van der Waals surface area contributed by atoms with Crippen molar-refractivity contribution in [3.63, 3.8) is 0 Å². The molecule has 0 fully saturated rings. The van der Waals surface area contributed by atoms with Crippen LogP contribution in [0.5, 0.6) is 0 Å². The number of hydrogen-bond acceptors (Lipinski definition) is 4. The zero-order valence-electron chi connectivity index (χ0n) is 14.7. The minimum Gasteiger partial charge on any atom is -0.465 e. The van der Waals surface area contributed by atoms with E-state index in [1.54, 1.807) is 0 Å². The fourth-order valence-electron chi connectivity index (χ4n) is 2.41. The normalized spacial score (nSPS) is 12.0. The third-order valence-corrected chi connectivity index (χ3v) is 3.50. The third kappa shape index (κ3) is 7.11. The molecule has 0 unspecified atom stereocenters. The van der Waals surface area contributed by atoms with Crippen LogP contribution < -0.4 is 5.32 Å². The number of nitrogens with zero attached hydrogens (tertiary/aromatic N) is 2. The molecule has 0 amide bonds. The molecule has 0 radical (unpaired) electrons. The fourth-order valence-corrected chi connectivity index (χ4v) is 2.41. The molecule has 1 heterocycles. The van der Waals surface area contributed by atoms with Gasteiger partial charge in [0.2, 0.25) is 0 Å². The van der Waals surface area contributed by atoms with Crippen molar-refractivity contribution in [1.29, 1.82) is 0 Å². The van der Waals surface area contributed by atoms with Crippen LogP contribution in [0.25, 0.3) is 0 Å². The van der Waals surface area contributed by atoms with Gasteiger partial charge in [-0.05, 0) is 39.5 Å². The number of rotatable bonds is 10. The molecule has 4 heteroatoms. The first-order valence-electron chi connectivity index (χ1n) is 8.08. The van der Waals surface area contributed by atoms with E-state index in [2.05, 4.69) is 63.0 Å². The van der Waals surface area contributed by atoms with Crippen molar-refractivity contribution in [2.45, 2.75) is 40.8 Å². The Morgan fingerprint density at radius 2 is 1.95 bits per heavy atom. The van der Waals surface area contributed by atoms with Gasteiger partial charge in [0.05, 0.1) is 6.54 Å². The van der Waals surface area contributed by atoms with Crippen LogP contribution in [-0.2, 0) is 13.1 Å². The second-order valence-corrected chi connectivity index (χ2v) is 6.51. The molecule has 122 valence electrons. The van der Waals surface area contributed by atoms with Crippen LogP contribution in [0, 0.1) is 12.8 Å². The molecule has 0 saturated carbocycles. The molecule has 0 aliphatic rings. The molecule has 0 atom stereocenters. The maximum atomic E-state index is 5.94. The van der Waals surface area contributed by atoms with E-state index in [1.165, 1.54) is 5.56 Å². The van der Waals surface area contributed by atoms with E-state index in [0.29, 0.717) is 5.92 Å². The first kappa shape index (κ1) is 18.2. The van der Waals surface area contributed by atoms with E-state index in [-0.39, 0.29) is 0 Å². The molecule has 0 saturated heterocycles. The summed E-state index contributed by atoms with van der Waals surface area (Å²) in [5.74, 6) is 2.80. The van der Waals surface area contributed by atoms with Crippen molar-refractivity contribution < 1.29 is 4.42 Å². The maximum Gasteiger partial charge on any atom is 0.118 e. The Bertz CT molecular complexity index is 399. The molecule has 21 heavy (non-hydrogen) atoms. The average Bonchev–Trinajstić information content (AvgIpc) is 2.73. The Labute approximate surface area is 130 Å². The molecule has 1 N–H and O–H groups in total. The zero-order valence-corrected chi connectivity index (χ0v) is 14.7. The quantitative estimate of drug-likeness (QED) is 0.719. The minimum atomic E-state index is 0.671. The van der Waals surface area contributed by atoms with Gasteiger partial charge in [-0.15, -0.1) is 0 Å². The molecule has 1 rings (SSSR count). The van der Waals surface area contributed by atoms with Gasteiger partial charge in [-0.3, -0.25) is 4.90 Å². The van der Waals surface area contributed by atoms with Gasteiger partial charge in [-0.25, -0.2) is 0 Å². The largest absolute Gasteiger partial charge is 0.465 e. The van der Waals surface area contributed by atoms with Crippen LogP contribution >= 0.6 is 0 Å². The lowest BCUT2D eigenvalue weighted by atomic mass is 10.2. The molecule has 4 nitrogen and oxygen atoms in total.